The van der Waals surface area contributed by atoms with Crippen LogP contribution in [0.3, 0.4) is 0 Å². The molecule has 0 unspecified atom stereocenters. The Morgan fingerprint density at radius 2 is 1.89 bits per heavy atom. The Balaban J connectivity index is 2.31. The Morgan fingerprint density at radius 3 is 2.63 bits per heavy atom. The highest BCUT2D eigenvalue weighted by Crippen LogP contribution is 2.34. The molecule has 0 N–H and O–H groups in total. The van der Waals surface area contributed by atoms with Crippen molar-refractivity contribution < 1.29 is 4.74 Å². The number of ether oxygens (including phenoxy) is 1. The van der Waals surface area contributed by atoms with Crippen LogP contribution >= 0.6 is 22.6 Å². The molecule has 2 aromatic carbocycles. The molecule has 0 saturated heterocycles. The fraction of sp³-hybridized carbons (Fsp3) is 0.133. The van der Waals surface area contributed by atoms with Crippen LogP contribution in [-0.2, 0) is 7.05 Å². The molecule has 1 heterocycles. The molecule has 0 aliphatic carbocycles. The summed E-state index contributed by atoms with van der Waals surface area (Å²) in [5.74, 6) is 1.80. The molecular formula is C15H13IN2O. The van der Waals surface area contributed by atoms with E-state index < -0.39 is 0 Å². The molecule has 0 saturated carbocycles. The van der Waals surface area contributed by atoms with Crippen molar-refractivity contribution in [1.29, 1.82) is 0 Å². The molecule has 3 aromatic rings. The minimum absolute atomic E-state index is 0.876. The summed E-state index contributed by atoms with van der Waals surface area (Å²) >= 11 is 2.28. The topological polar surface area (TPSA) is 27.1 Å². The lowest BCUT2D eigenvalue weighted by atomic mass is 10.2. The van der Waals surface area contributed by atoms with Crippen molar-refractivity contribution in [2.75, 3.05) is 7.11 Å². The largest absolute Gasteiger partial charge is 0.495 e. The van der Waals surface area contributed by atoms with E-state index in [1.165, 1.54) is 0 Å². The van der Waals surface area contributed by atoms with Crippen molar-refractivity contribution in [2.45, 2.75) is 0 Å². The number of imidazole rings is 1. The number of rotatable bonds is 2. The summed E-state index contributed by atoms with van der Waals surface area (Å²) in [7, 11) is 3.73. The predicted octanol–water partition coefficient (Wildman–Crippen LogP) is 3.85. The van der Waals surface area contributed by atoms with Crippen LogP contribution in [0.2, 0.25) is 0 Å². The van der Waals surface area contributed by atoms with Crippen LogP contribution in [-0.4, -0.2) is 16.7 Å². The van der Waals surface area contributed by atoms with Crippen molar-refractivity contribution in [3.8, 4) is 17.1 Å². The van der Waals surface area contributed by atoms with Gasteiger partial charge in [0, 0.05) is 7.05 Å². The SMILES string of the molecule is COc1c(I)cccc1-c1nc2ccccc2n1C. The molecule has 0 fully saturated rings. The summed E-state index contributed by atoms with van der Waals surface area (Å²) < 4.78 is 8.71. The number of fused-ring (bicyclic) bond motifs is 1. The number of halogens is 1. The molecule has 0 aliphatic rings. The molecule has 96 valence electrons. The zero-order chi connectivity index (χ0) is 13.4. The molecule has 4 heteroatoms. The van der Waals surface area contributed by atoms with Crippen LogP contribution < -0.4 is 4.74 Å². The zero-order valence-corrected chi connectivity index (χ0v) is 12.9. The molecule has 0 spiro atoms. The van der Waals surface area contributed by atoms with Gasteiger partial charge in [-0.3, -0.25) is 0 Å². The maximum atomic E-state index is 5.52. The maximum absolute atomic E-state index is 5.52. The second-order valence-corrected chi connectivity index (χ2v) is 5.47. The minimum atomic E-state index is 0.876. The quantitative estimate of drug-likeness (QED) is 0.646. The Hall–Kier alpha value is -1.56. The van der Waals surface area contributed by atoms with Crippen LogP contribution in [0.5, 0.6) is 5.75 Å². The first kappa shape index (κ1) is 12.5. The summed E-state index contributed by atoms with van der Waals surface area (Å²) in [6.45, 7) is 0. The van der Waals surface area contributed by atoms with Crippen LogP contribution in [0.4, 0.5) is 0 Å². The number of nitrogens with zero attached hydrogens (tertiary/aromatic N) is 2. The highest BCUT2D eigenvalue weighted by molar-refractivity contribution is 14.1. The smallest absolute Gasteiger partial charge is 0.144 e. The van der Waals surface area contributed by atoms with Gasteiger partial charge in [0.25, 0.3) is 0 Å². The molecule has 0 atom stereocenters. The third-order valence-electron chi connectivity index (χ3n) is 3.20. The van der Waals surface area contributed by atoms with Crippen molar-refractivity contribution in [1.82, 2.24) is 9.55 Å². The van der Waals surface area contributed by atoms with Gasteiger partial charge in [-0.2, -0.15) is 0 Å². The second-order valence-electron chi connectivity index (χ2n) is 4.30. The van der Waals surface area contributed by atoms with Gasteiger partial charge in [-0.1, -0.05) is 18.2 Å². The summed E-state index contributed by atoms with van der Waals surface area (Å²) in [5.41, 5.74) is 3.15. The van der Waals surface area contributed by atoms with E-state index in [2.05, 4.69) is 33.2 Å². The molecule has 3 rings (SSSR count). The lowest BCUT2D eigenvalue weighted by Crippen LogP contribution is -1.97. The first-order valence-corrected chi connectivity index (χ1v) is 7.04. The molecule has 0 radical (unpaired) electrons. The molecule has 3 nitrogen and oxygen atoms in total. The molecule has 0 bridgehead atoms. The minimum Gasteiger partial charge on any atom is -0.495 e. The van der Waals surface area contributed by atoms with Gasteiger partial charge in [-0.15, -0.1) is 0 Å². The number of para-hydroxylation sites is 3. The van der Waals surface area contributed by atoms with Gasteiger partial charge in [0.1, 0.15) is 11.6 Å². The molecule has 19 heavy (non-hydrogen) atoms. The van der Waals surface area contributed by atoms with E-state index in [1.807, 2.05) is 43.4 Å². The van der Waals surface area contributed by atoms with Gasteiger partial charge in [-0.05, 0) is 46.9 Å². The second kappa shape index (κ2) is 4.85. The maximum Gasteiger partial charge on any atom is 0.144 e. The van der Waals surface area contributed by atoms with E-state index in [9.17, 15) is 0 Å². The Kier molecular flexibility index (Phi) is 3.18. The first-order chi connectivity index (χ1) is 9.22. The Labute approximate surface area is 125 Å². The van der Waals surface area contributed by atoms with Gasteiger partial charge in [-0.25, -0.2) is 4.98 Å². The molecule has 0 amide bonds. The normalized spacial score (nSPS) is 10.9. The van der Waals surface area contributed by atoms with Crippen LogP contribution in [0.25, 0.3) is 22.4 Å². The monoisotopic (exact) mass is 364 g/mol. The standard InChI is InChI=1S/C15H13IN2O/c1-18-13-9-4-3-8-12(13)17-15(18)10-6-5-7-11(16)14(10)19-2/h3-9H,1-2H3. The van der Waals surface area contributed by atoms with Gasteiger partial charge in [0.05, 0.1) is 27.3 Å². The van der Waals surface area contributed by atoms with Crippen LogP contribution in [0.15, 0.2) is 42.5 Å². The van der Waals surface area contributed by atoms with Crippen molar-refractivity contribution in [3.63, 3.8) is 0 Å². The van der Waals surface area contributed by atoms with Crippen molar-refractivity contribution >= 4 is 33.6 Å². The zero-order valence-electron chi connectivity index (χ0n) is 10.7. The van der Waals surface area contributed by atoms with Gasteiger partial charge < -0.3 is 9.30 Å². The summed E-state index contributed by atoms with van der Waals surface area (Å²) in [6, 6.07) is 14.2. The molecule has 1 aromatic heterocycles. The fourth-order valence-corrected chi connectivity index (χ4v) is 3.00. The van der Waals surface area contributed by atoms with E-state index >= 15 is 0 Å². The van der Waals surface area contributed by atoms with E-state index in [0.717, 1.165) is 31.7 Å². The number of hydrogen-bond donors (Lipinski definition) is 0. The number of benzene rings is 2. The van der Waals surface area contributed by atoms with E-state index in [-0.39, 0.29) is 0 Å². The average molecular weight is 364 g/mol. The first-order valence-electron chi connectivity index (χ1n) is 5.96. The Morgan fingerprint density at radius 1 is 1.11 bits per heavy atom. The van der Waals surface area contributed by atoms with Crippen LogP contribution in [0, 0.1) is 3.57 Å². The number of methoxy groups -OCH3 is 1. The molecule has 0 aliphatic heterocycles. The van der Waals surface area contributed by atoms with Gasteiger partial charge in [0.15, 0.2) is 0 Å². The van der Waals surface area contributed by atoms with Gasteiger partial charge >= 0.3 is 0 Å². The number of hydrogen-bond acceptors (Lipinski definition) is 2. The highest BCUT2D eigenvalue weighted by atomic mass is 127. The third-order valence-corrected chi connectivity index (χ3v) is 4.05. The number of aromatic nitrogens is 2. The fourth-order valence-electron chi connectivity index (χ4n) is 2.28. The third kappa shape index (κ3) is 2.00. The van der Waals surface area contributed by atoms with Crippen molar-refractivity contribution in [2.24, 2.45) is 7.05 Å². The average Bonchev–Trinajstić information content (AvgIpc) is 2.76. The lowest BCUT2D eigenvalue weighted by molar-refractivity contribution is 0.413. The Bertz CT molecular complexity index is 749. The summed E-state index contributed by atoms with van der Waals surface area (Å²) in [4.78, 5) is 4.71. The summed E-state index contributed by atoms with van der Waals surface area (Å²) in [5, 5.41) is 0. The molecular weight excluding hydrogens is 351 g/mol. The van der Waals surface area contributed by atoms with E-state index in [4.69, 9.17) is 9.72 Å². The van der Waals surface area contributed by atoms with Crippen LogP contribution in [0.1, 0.15) is 0 Å². The van der Waals surface area contributed by atoms with E-state index in [0.29, 0.717) is 0 Å². The highest BCUT2D eigenvalue weighted by Gasteiger charge is 2.15. The van der Waals surface area contributed by atoms with E-state index in [1.54, 1.807) is 7.11 Å². The predicted molar refractivity (Wildman–Crippen MR) is 85.4 cm³/mol. The lowest BCUT2D eigenvalue weighted by Gasteiger charge is -2.10. The summed E-state index contributed by atoms with van der Waals surface area (Å²) in [6.07, 6.45) is 0. The van der Waals surface area contributed by atoms with Crippen molar-refractivity contribution in [3.05, 3.63) is 46.0 Å². The number of aryl methyl sites for hydroxylation is 1. The van der Waals surface area contributed by atoms with Gasteiger partial charge in [0.2, 0.25) is 0 Å².